The number of hydrogen-bond donors (Lipinski definition) is 1. The number of aliphatic hydroxyl groups is 1. The van der Waals surface area contributed by atoms with E-state index in [1.165, 1.54) is 12.6 Å². The number of methoxy groups -OCH3 is 1. The number of benzene rings is 1. The van der Waals surface area contributed by atoms with Crippen LogP contribution < -0.4 is 14.4 Å². The van der Waals surface area contributed by atoms with Crippen molar-refractivity contribution in [3.63, 3.8) is 0 Å². The molecule has 3 aliphatic heterocycles. The molecule has 7 rings (SSSR count). The maximum atomic E-state index is 10.1. The summed E-state index contributed by atoms with van der Waals surface area (Å²) in [5.41, 5.74) is 2.68. The molecule has 3 aromatic heterocycles. The average molecular weight is 539 g/mol. The van der Waals surface area contributed by atoms with Crippen molar-refractivity contribution in [3.05, 3.63) is 60.2 Å². The average Bonchev–Trinajstić information content (AvgIpc) is 2.98. The van der Waals surface area contributed by atoms with E-state index >= 15 is 0 Å². The monoisotopic (exact) mass is 538 g/mol. The molecule has 11 nitrogen and oxygen atoms in total. The van der Waals surface area contributed by atoms with Gasteiger partial charge in [-0.3, -0.25) is 4.90 Å². The van der Waals surface area contributed by atoms with E-state index in [9.17, 15) is 10.4 Å². The number of aromatic nitrogens is 5. The van der Waals surface area contributed by atoms with E-state index in [1.54, 1.807) is 27.0 Å². The van der Waals surface area contributed by atoms with Crippen molar-refractivity contribution in [3.8, 4) is 29.0 Å². The van der Waals surface area contributed by atoms with E-state index in [1.807, 2.05) is 36.8 Å². The zero-order valence-electron chi connectivity index (χ0n) is 22.7. The third-order valence-corrected chi connectivity index (χ3v) is 7.38. The maximum absolute atomic E-state index is 10.1. The van der Waals surface area contributed by atoms with Crippen LogP contribution in [0.15, 0.2) is 49.1 Å². The smallest absolute Gasteiger partial charge is 0.316 e. The number of nitrogens with zero attached hydrogens (tertiary/aromatic N) is 8. The molecule has 0 radical (unpaired) electrons. The van der Waals surface area contributed by atoms with Crippen LogP contribution in [0.2, 0.25) is 0 Å². The molecule has 0 saturated carbocycles. The third-order valence-electron chi connectivity index (χ3n) is 7.38. The molecule has 0 amide bonds. The van der Waals surface area contributed by atoms with Gasteiger partial charge in [-0.2, -0.15) is 15.5 Å². The van der Waals surface area contributed by atoms with Crippen molar-refractivity contribution < 1.29 is 14.6 Å². The minimum atomic E-state index is -0.994. The molecular formula is C29H30N8O3. The first-order valence-corrected chi connectivity index (χ1v) is 13.2. The minimum absolute atomic E-state index is 0.111. The van der Waals surface area contributed by atoms with Gasteiger partial charge in [0.15, 0.2) is 0 Å². The molecule has 4 aromatic rings. The van der Waals surface area contributed by atoms with Crippen molar-refractivity contribution in [2.45, 2.75) is 44.5 Å². The lowest BCUT2D eigenvalue weighted by molar-refractivity contribution is -0.00886. The summed E-state index contributed by atoms with van der Waals surface area (Å²) in [6.45, 7) is 6.10. The van der Waals surface area contributed by atoms with E-state index in [0.717, 1.165) is 42.1 Å². The maximum Gasteiger partial charge on any atom is 0.316 e. The lowest BCUT2D eigenvalue weighted by atomic mass is 9.87. The molecule has 1 aromatic carbocycles. The Hall–Kier alpha value is -4.40. The van der Waals surface area contributed by atoms with E-state index in [2.05, 4.69) is 36.0 Å². The fraction of sp³-hybridized carbons (Fsp3) is 0.379. The predicted molar refractivity (Wildman–Crippen MR) is 148 cm³/mol. The van der Waals surface area contributed by atoms with Crippen LogP contribution in [0.25, 0.3) is 22.0 Å². The van der Waals surface area contributed by atoms with Crippen molar-refractivity contribution in [1.82, 2.24) is 30.0 Å². The van der Waals surface area contributed by atoms with Crippen LogP contribution in [0.5, 0.6) is 11.8 Å². The lowest BCUT2D eigenvalue weighted by Crippen LogP contribution is -2.68. The Morgan fingerprint density at radius 3 is 2.50 bits per heavy atom. The summed E-state index contributed by atoms with van der Waals surface area (Å²) in [6.07, 6.45) is 8.13. The van der Waals surface area contributed by atoms with Crippen molar-refractivity contribution in [2.75, 3.05) is 31.7 Å². The van der Waals surface area contributed by atoms with Gasteiger partial charge in [-0.15, -0.1) is 0 Å². The molecule has 204 valence electrons. The molecule has 0 spiro atoms. The van der Waals surface area contributed by atoms with Crippen LogP contribution in [0.3, 0.4) is 0 Å². The first-order valence-electron chi connectivity index (χ1n) is 13.2. The largest absolute Gasteiger partial charge is 0.491 e. The minimum Gasteiger partial charge on any atom is -0.491 e. The second-order valence-corrected chi connectivity index (χ2v) is 10.9. The number of piperidine rings is 1. The second kappa shape index (κ2) is 10.3. The van der Waals surface area contributed by atoms with Crippen LogP contribution in [0.4, 0.5) is 5.82 Å². The summed E-state index contributed by atoms with van der Waals surface area (Å²) in [5, 5.41) is 28.8. The SMILES string of the molecule is COc1ncc(CN2C3CC2CN(c2ccc(-c4cc(OCC(C)(C)O)cc5nncc(C#N)c45)cn2)C3)cn1. The number of ether oxygens (including phenoxy) is 2. The van der Waals surface area contributed by atoms with Gasteiger partial charge in [0.05, 0.1) is 30.0 Å². The summed E-state index contributed by atoms with van der Waals surface area (Å²) in [7, 11) is 1.57. The number of rotatable bonds is 8. The van der Waals surface area contributed by atoms with Gasteiger partial charge >= 0.3 is 6.01 Å². The normalized spacial score (nSPS) is 18.7. The molecular weight excluding hydrogens is 508 g/mol. The van der Waals surface area contributed by atoms with Gasteiger partial charge in [-0.1, -0.05) is 0 Å². The molecule has 2 bridgehead atoms. The van der Waals surface area contributed by atoms with Crippen LogP contribution in [0.1, 0.15) is 31.4 Å². The standard InChI is InChI=1S/C29H30N8O3/c1-29(2,38)17-40-23-7-24(27-20(9-30)13-34-35-25(27)8-23)19-4-5-26(31-12-19)36-15-21-6-22(16-36)37(21)14-18-10-32-28(39-3)33-11-18/h4-5,7-8,10-13,21-22,38H,6,14-17H2,1-3H3. The zero-order valence-corrected chi connectivity index (χ0v) is 22.7. The molecule has 1 N–H and O–H groups in total. The Bertz CT molecular complexity index is 1550. The quantitative estimate of drug-likeness (QED) is 0.355. The number of piperazine rings is 1. The fourth-order valence-corrected chi connectivity index (χ4v) is 5.44. The van der Waals surface area contributed by atoms with E-state index in [4.69, 9.17) is 14.5 Å². The van der Waals surface area contributed by atoms with Crippen molar-refractivity contribution in [2.24, 2.45) is 0 Å². The highest BCUT2D eigenvalue weighted by atomic mass is 16.5. The fourth-order valence-electron chi connectivity index (χ4n) is 5.44. The van der Waals surface area contributed by atoms with E-state index < -0.39 is 5.60 Å². The molecule has 0 aliphatic carbocycles. The van der Waals surface area contributed by atoms with Gasteiger partial charge in [-0.25, -0.2) is 15.0 Å². The first-order chi connectivity index (χ1) is 19.3. The molecule has 3 saturated heterocycles. The highest BCUT2D eigenvalue weighted by molar-refractivity contribution is 5.99. The van der Waals surface area contributed by atoms with E-state index in [0.29, 0.717) is 40.3 Å². The van der Waals surface area contributed by atoms with Gasteiger partial charge in [0, 0.05) is 72.9 Å². The molecule has 2 unspecified atom stereocenters. The Balaban J connectivity index is 1.21. The Labute approximate surface area is 232 Å². The highest BCUT2D eigenvalue weighted by Gasteiger charge is 2.44. The van der Waals surface area contributed by atoms with Crippen LogP contribution in [-0.4, -0.2) is 79.6 Å². The van der Waals surface area contributed by atoms with Gasteiger partial charge in [0.25, 0.3) is 0 Å². The molecule has 3 aliphatic rings. The summed E-state index contributed by atoms with van der Waals surface area (Å²) in [5.74, 6) is 1.46. The number of fused-ring (bicyclic) bond motifs is 3. The number of hydrogen-bond acceptors (Lipinski definition) is 11. The molecule has 2 atom stereocenters. The molecule has 11 heteroatoms. The number of anilines is 1. The Morgan fingerprint density at radius 1 is 1.07 bits per heavy atom. The predicted octanol–water partition coefficient (Wildman–Crippen LogP) is 2.97. The second-order valence-electron chi connectivity index (χ2n) is 10.9. The van der Waals surface area contributed by atoms with Crippen LogP contribution >= 0.6 is 0 Å². The lowest BCUT2D eigenvalue weighted by Gasteiger charge is -2.56. The number of pyridine rings is 1. The molecule has 6 heterocycles. The van der Waals surface area contributed by atoms with Gasteiger partial charge in [0.2, 0.25) is 0 Å². The van der Waals surface area contributed by atoms with Crippen molar-refractivity contribution in [1.29, 1.82) is 5.26 Å². The Kier molecular flexibility index (Phi) is 6.65. The third kappa shape index (κ3) is 5.11. The molecule has 3 fully saturated rings. The number of nitriles is 1. The zero-order chi connectivity index (χ0) is 27.9. The summed E-state index contributed by atoms with van der Waals surface area (Å²) in [6, 6.07) is 11.2. The first kappa shape index (κ1) is 25.9. The van der Waals surface area contributed by atoms with Gasteiger partial charge < -0.3 is 19.5 Å². The van der Waals surface area contributed by atoms with Gasteiger partial charge in [-0.05, 0) is 44.0 Å². The Morgan fingerprint density at radius 2 is 1.85 bits per heavy atom. The van der Waals surface area contributed by atoms with Crippen LogP contribution in [0, 0.1) is 11.3 Å². The summed E-state index contributed by atoms with van der Waals surface area (Å²) < 4.78 is 10.9. The van der Waals surface area contributed by atoms with Gasteiger partial charge in [0.1, 0.15) is 24.2 Å². The van der Waals surface area contributed by atoms with E-state index in [-0.39, 0.29) is 6.61 Å². The summed E-state index contributed by atoms with van der Waals surface area (Å²) in [4.78, 5) is 18.1. The highest BCUT2D eigenvalue weighted by Crippen LogP contribution is 2.37. The topological polar surface area (TPSA) is 133 Å². The summed E-state index contributed by atoms with van der Waals surface area (Å²) >= 11 is 0. The molecule has 40 heavy (non-hydrogen) atoms. The van der Waals surface area contributed by atoms with Crippen LogP contribution in [-0.2, 0) is 6.54 Å². The van der Waals surface area contributed by atoms with Crippen molar-refractivity contribution >= 4 is 16.7 Å².